The van der Waals surface area contributed by atoms with Crippen molar-refractivity contribution in [2.75, 3.05) is 0 Å². The fourth-order valence-corrected chi connectivity index (χ4v) is 3.17. The summed E-state index contributed by atoms with van der Waals surface area (Å²) >= 11 is 0. The lowest BCUT2D eigenvalue weighted by Crippen LogP contribution is -2.23. The summed E-state index contributed by atoms with van der Waals surface area (Å²) in [7, 11) is 0. The van der Waals surface area contributed by atoms with Crippen molar-refractivity contribution < 1.29 is 0 Å². The van der Waals surface area contributed by atoms with Crippen molar-refractivity contribution in [3.63, 3.8) is 0 Å². The van der Waals surface area contributed by atoms with E-state index >= 15 is 0 Å². The molecule has 0 spiro atoms. The molecule has 0 bridgehead atoms. The molecule has 3 unspecified atom stereocenters. The van der Waals surface area contributed by atoms with Gasteiger partial charge in [0.1, 0.15) is 0 Å². The van der Waals surface area contributed by atoms with Crippen LogP contribution in [0.3, 0.4) is 0 Å². The maximum Gasteiger partial charge on any atom is -0.0386 e. The van der Waals surface area contributed by atoms with Gasteiger partial charge in [-0.1, -0.05) is 53.4 Å². The van der Waals surface area contributed by atoms with E-state index in [2.05, 4.69) is 27.7 Å². The molecule has 0 aliphatic heterocycles. The third kappa shape index (κ3) is 3.63. The lowest BCUT2D eigenvalue weighted by atomic mass is 9.71. The molecule has 0 aromatic rings. The lowest BCUT2D eigenvalue weighted by molar-refractivity contribution is 0.165. The van der Waals surface area contributed by atoms with Gasteiger partial charge in [0.05, 0.1) is 0 Å². The first-order chi connectivity index (χ1) is 6.63. The van der Waals surface area contributed by atoms with Crippen LogP contribution in [0.4, 0.5) is 0 Å². The summed E-state index contributed by atoms with van der Waals surface area (Å²) in [5.41, 5.74) is 0. The van der Waals surface area contributed by atoms with Gasteiger partial charge < -0.3 is 0 Å². The van der Waals surface area contributed by atoms with E-state index in [1.54, 1.807) is 0 Å². The first-order valence-corrected chi connectivity index (χ1v) is 6.63. The summed E-state index contributed by atoms with van der Waals surface area (Å²) in [6, 6.07) is 0. The Hall–Kier alpha value is 0. The minimum Gasteiger partial charge on any atom is -0.0654 e. The van der Waals surface area contributed by atoms with E-state index in [0.717, 1.165) is 23.7 Å². The van der Waals surface area contributed by atoms with Gasteiger partial charge in [-0.25, -0.2) is 0 Å². The van der Waals surface area contributed by atoms with Crippen LogP contribution in [0.1, 0.15) is 66.2 Å². The van der Waals surface area contributed by atoms with Gasteiger partial charge in [-0.3, -0.25) is 0 Å². The van der Waals surface area contributed by atoms with Crippen molar-refractivity contribution in [1.82, 2.24) is 0 Å². The summed E-state index contributed by atoms with van der Waals surface area (Å²) in [6.07, 6.45) is 8.82. The smallest absolute Gasteiger partial charge is 0.0386 e. The van der Waals surface area contributed by atoms with Gasteiger partial charge in [0, 0.05) is 0 Å². The molecule has 0 amide bonds. The summed E-state index contributed by atoms with van der Waals surface area (Å²) in [5.74, 6) is 3.98. The fraction of sp³-hybridized carbons (Fsp3) is 1.00. The molecule has 0 nitrogen and oxygen atoms in total. The maximum absolute atomic E-state index is 2.46. The molecule has 1 aliphatic rings. The Kier molecular flexibility index (Phi) is 4.98. The molecule has 1 aliphatic carbocycles. The standard InChI is InChI=1S/C14H28/c1-5-6-14-10-13(9-11(2)3)8-7-12(14)4/h11-14H,5-10H2,1-4H3. The Labute approximate surface area is 90.5 Å². The second kappa shape index (κ2) is 5.78. The molecule has 1 saturated carbocycles. The summed E-state index contributed by atoms with van der Waals surface area (Å²) in [6.45, 7) is 9.53. The van der Waals surface area contributed by atoms with Crippen LogP contribution in [0, 0.1) is 23.7 Å². The lowest BCUT2D eigenvalue weighted by Gasteiger charge is -2.35. The van der Waals surface area contributed by atoms with Gasteiger partial charge in [0.25, 0.3) is 0 Å². The van der Waals surface area contributed by atoms with Crippen LogP contribution in [0.15, 0.2) is 0 Å². The highest BCUT2D eigenvalue weighted by Gasteiger charge is 2.27. The molecule has 0 saturated heterocycles. The molecular formula is C14H28. The minimum absolute atomic E-state index is 0.899. The number of hydrogen-bond acceptors (Lipinski definition) is 0. The molecule has 1 rings (SSSR count). The highest BCUT2D eigenvalue weighted by molar-refractivity contribution is 4.78. The second-order valence-electron chi connectivity index (χ2n) is 5.83. The highest BCUT2D eigenvalue weighted by Crippen LogP contribution is 2.38. The zero-order valence-electron chi connectivity index (χ0n) is 10.6. The highest BCUT2D eigenvalue weighted by atomic mass is 14.3. The Bertz CT molecular complexity index is 148. The fourth-order valence-electron chi connectivity index (χ4n) is 3.17. The van der Waals surface area contributed by atoms with Crippen LogP contribution in [0.5, 0.6) is 0 Å². The van der Waals surface area contributed by atoms with Gasteiger partial charge >= 0.3 is 0 Å². The van der Waals surface area contributed by atoms with Crippen LogP contribution in [0.25, 0.3) is 0 Å². The summed E-state index contributed by atoms with van der Waals surface area (Å²) in [4.78, 5) is 0. The Morgan fingerprint density at radius 3 is 2.50 bits per heavy atom. The van der Waals surface area contributed by atoms with Crippen molar-refractivity contribution in [3.8, 4) is 0 Å². The normalized spacial score (nSPS) is 33.6. The molecule has 0 N–H and O–H groups in total. The molecule has 3 atom stereocenters. The van der Waals surface area contributed by atoms with E-state index < -0.39 is 0 Å². The van der Waals surface area contributed by atoms with Crippen molar-refractivity contribution in [3.05, 3.63) is 0 Å². The first-order valence-electron chi connectivity index (χ1n) is 6.63. The van der Waals surface area contributed by atoms with Crippen molar-refractivity contribution in [2.45, 2.75) is 66.2 Å². The SMILES string of the molecule is CCCC1CC(CC(C)C)CCC1C. The predicted octanol–water partition coefficient (Wildman–Crippen LogP) is 4.89. The Morgan fingerprint density at radius 2 is 1.93 bits per heavy atom. The van der Waals surface area contributed by atoms with Crippen LogP contribution in [-0.2, 0) is 0 Å². The van der Waals surface area contributed by atoms with Crippen molar-refractivity contribution in [2.24, 2.45) is 23.7 Å². The van der Waals surface area contributed by atoms with Crippen molar-refractivity contribution >= 4 is 0 Å². The molecule has 0 heteroatoms. The monoisotopic (exact) mass is 196 g/mol. The third-order valence-corrected chi connectivity index (χ3v) is 3.94. The molecule has 0 aromatic heterocycles. The Morgan fingerprint density at radius 1 is 1.21 bits per heavy atom. The van der Waals surface area contributed by atoms with E-state index in [1.165, 1.54) is 38.5 Å². The summed E-state index contributed by atoms with van der Waals surface area (Å²) < 4.78 is 0. The Balaban J connectivity index is 2.36. The molecular weight excluding hydrogens is 168 g/mol. The number of rotatable bonds is 4. The van der Waals surface area contributed by atoms with Gasteiger partial charge in [0.15, 0.2) is 0 Å². The van der Waals surface area contributed by atoms with Crippen LogP contribution in [0.2, 0.25) is 0 Å². The van der Waals surface area contributed by atoms with E-state index in [9.17, 15) is 0 Å². The zero-order chi connectivity index (χ0) is 10.6. The van der Waals surface area contributed by atoms with Crippen LogP contribution >= 0.6 is 0 Å². The molecule has 0 heterocycles. The first kappa shape index (κ1) is 12.1. The summed E-state index contributed by atoms with van der Waals surface area (Å²) in [5, 5.41) is 0. The largest absolute Gasteiger partial charge is 0.0654 e. The molecule has 84 valence electrons. The average Bonchev–Trinajstić information content (AvgIpc) is 2.10. The second-order valence-corrected chi connectivity index (χ2v) is 5.83. The quantitative estimate of drug-likeness (QED) is 0.601. The predicted molar refractivity (Wildman–Crippen MR) is 64.4 cm³/mol. The van der Waals surface area contributed by atoms with E-state index in [-0.39, 0.29) is 0 Å². The molecule has 1 fully saturated rings. The van der Waals surface area contributed by atoms with Gasteiger partial charge in [0.2, 0.25) is 0 Å². The maximum atomic E-state index is 2.46. The van der Waals surface area contributed by atoms with Gasteiger partial charge in [-0.2, -0.15) is 0 Å². The van der Waals surface area contributed by atoms with E-state index in [0.29, 0.717) is 0 Å². The number of hydrogen-bond donors (Lipinski definition) is 0. The zero-order valence-corrected chi connectivity index (χ0v) is 10.6. The van der Waals surface area contributed by atoms with E-state index in [1.807, 2.05) is 0 Å². The van der Waals surface area contributed by atoms with Crippen LogP contribution < -0.4 is 0 Å². The minimum atomic E-state index is 0.899. The third-order valence-electron chi connectivity index (χ3n) is 3.94. The topological polar surface area (TPSA) is 0 Å². The van der Waals surface area contributed by atoms with Crippen molar-refractivity contribution in [1.29, 1.82) is 0 Å². The van der Waals surface area contributed by atoms with Gasteiger partial charge in [-0.05, 0) is 36.5 Å². The van der Waals surface area contributed by atoms with E-state index in [4.69, 9.17) is 0 Å². The molecule has 0 radical (unpaired) electrons. The average molecular weight is 196 g/mol. The van der Waals surface area contributed by atoms with Gasteiger partial charge in [-0.15, -0.1) is 0 Å². The molecule has 0 aromatic carbocycles. The van der Waals surface area contributed by atoms with Crippen LogP contribution in [-0.4, -0.2) is 0 Å². The molecule has 14 heavy (non-hydrogen) atoms.